The summed E-state index contributed by atoms with van der Waals surface area (Å²) in [7, 11) is 0. The second-order valence-corrected chi connectivity index (χ2v) is 7.16. The van der Waals surface area contributed by atoms with Gasteiger partial charge in [-0.25, -0.2) is 4.98 Å². The normalized spacial score (nSPS) is 15.0. The lowest BCUT2D eigenvalue weighted by molar-refractivity contribution is 0.122. The van der Waals surface area contributed by atoms with E-state index in [0.29, 0.717) is 11.9 Å². The topological polar surface area (TPSA) is 50.3 Å². The molecule has 0 aliphatic carbocycles. The van der Waals surface area contributed by atoms with E-state index in [0.717, 1.165) is 48.0 Å². The third kappa shape index (κ3) is 4.05. The summed E-state index contributed by atoms with van der Waals surface area (Å²) in [4.78, 5) is 11.4. The lowest BCUT2D eigenvalue weighted by Gasteiger charge is -2.28. The van der Waals surface area contributed by atoms with Crippen molar-refractivity contribution >= 4 is 33.4 Å². The molecule has 128 valence electrons. The summed E-state index contributed by atoms with van der Waals surface area (Å²) in [6.45, 7) is 9.58. The van der Waals surface area contributed by atoms with Crippen molar-refractivity contribution in [3.05, 3.63) is 40.0 Å². The fraction of sp³-hybridized carbons (Fsp3) is 0.444. The van der Waals surface area contributed by atoms with Crippen LogP contribution in [-0.4, -0.2) is 36.3 Å². The average Bonchev–Trinajstić information content (AvgIpc) is 2.57. The van der Waals surface area contributed by atoms with Gasteiger partial charge in [0.2, 0.25) is 5.95 Å². The number of aryl methyl sites for hydroxylation is 1. The maximum absolute atomic E-state index is 5.42. The summed E-state index contributed by atoms with van der Waals surface area (Å²) in [6.07, 6.45) is 0. The van der Waals surface area contributed by atoms with Gasteiger partial charge in [0.25, 0.3) is 0 Å². The molecule has 6 heteroatoms. The molecule has 0 radical (unpaired) electrons. The van der Waals surface area contributed by atoms with E-state index >= 15 is 0 Å². The van der Waals surface area contributed by atoms with Crippen LogP contribution in [-0.2, 0) is 4.74 Å². The minimum absolute atomic E-state index is 0.499. The van der Waals surface area contributed by atoms with Crippen LogP contribution in [0.25, 0.3) is 0 Å². The van der Waals surface area contributed by atoms with Crippen LogP contribution in [0.15, 0.2) is 28.7 Å². The molecule has 1 N–H and O–H groups in total. The van der Waals surface area contributed by atoms with E-state index < -0.39 is 0 Å². The van der Waals surface area contributed by atoms with Crippen LogP contribution in [0.4, 0.5) is 17.5 Å². The number of hydrogen-bond donors (Lipinski definition) is 1. The molecule has 0 spiro atoms. The predicted octanol–water partition coefficient (Wildman–Crippen LogP) is 4.25. The molecular weight excluding hydrogens is 368 g/mol. The van der Waals surface area contributed by atoms with Crippen molar-refractivity contribution in [2.45, 2.75) is 26.7 Å². The van der Waals surface area contributed by atoms with E-state index in [1.807, 2.05) is 13.0 Å². The van der Waals surface area contributed by atoms with Gasteiger partial charge in [0, 0.05) is 29.3 Å². The molecule has 1 fully saturated rings. The lowest BCUT2D eigenvalue weighted by Crippen LogP contribution is -2.36. The van der Waals surface area contributed by atoms with Crippen LogP contribution in [0.5, 0.6) is 0 Å². The van der Waals surface area contributed by atoms with Crippen molar-refractivity contribution in [3.63, 3.8) is 0 Å². The predicted molar refractivity (Wildman–Crippen MR) is 101 cm³/mol. The van der Waals surface area contributed by atoms with E-state index in [2.05, 4.69) is 68.2 Å². The van der Waals surface area contributed by atoms with Crippen LogP contribution in [0.1, 0.15) is 31.0 Å². The summed E-state index contributed by atoms with van der Waals surface area (Å²) >= 11 is 3.64. The Labute approximate surface area is 151 Å². The number of ether oxygens (including phenoxy) is 1. The summed E-state index contributed by atoms with van der Waals surface area (Å²) in [6, 6.07) is 8.37. The standard InChI is InChI=1S/C18H23BrN4O/c1-12(2)14-4-5-16(15(19)11-14)21-18-20-13(3)10-17(22-18)23-6-8-24-9-7-23/h4-5,10-12H,6-9H2,1-3H3,(H,20,21,22). The molecule has 0 bridgehead atoms. The van der Waals surface area contributed by atoms with Gasteiger partial charge in [0.1, 0.15) is 5.82 Å². The summed E-state index contributed by atoms with van der Waals surface area (Å²) in [5, 5.41) is 3.33. The van der Waals surface area contributed by atoms with Crippen LogP contribution in [0.3, 0.4) is 0 Å². The van der Waals surface area contributed by atoms with E-state index in [1.165, 1.54) is 5.56 Å². The van der Waals surface area contributed by atoms with Gasteiger partial charge in [0.15, 0.2) is 0 Å². The highest BCUT2D eigenvalue weighted by Crippen LogP contribution is 2.29. The highest BCUT2D eigenvalue weighted by Gasteiger charge is 2.14. The second-order valence-electron chi connectivity index (χ2n) is 6.31. The van der Waals surface area contributed by atoms with Gasteiger partial charge in [-0.2, -0.15) is 4.98 Å². The van der Waals surface area contributed by atoms with Gasteiger partial charge >= 0.3 is 0 Å². The molecule has 0 amide bonds. The Morgan fingerprint density at radius 1 is 1.17 bits per heavy atom. The quantitative estimate of drug-likeness (QED) is 0.845. The number of aromatic nitrogens is 2. The minimum Gasteiger partial charge on any atom is -0.378 e. The van der Waals surface area contributed by atoms with E-state index in [1.54, 1.807) is 0 Å². The second kappa shape index (κ2) is 7.49. The lowest BCUT2D eigenvalue weighted by atomic mass is 10.0. The molecule has 1 saturated heterocycles. The molecule has 24 heavy (non-hydrogen) atoms. The number of halogens is 1. The van der Waals surface area contributed by atoms with Crippen LogP contribution in [0, 0.1) is 6.92 Å². The number of benzene rings is 1. The smallest absolute Gasteiger partial charge is 0.229 e. The first kappa shape index (κ1) is 17.2. The Hall–Kier alpha value is -1.66. The summed E-state index contributed by atoms with van der Waals surface area (Å²) in [5.41, 5.74) is 3.22. The third-order valence-corrected chi connectivity index (χ3v) is 4.74. The Kier molecular flexibility index (Phi) is 5.36. The Morgan fingerprint density at radius 2 is 1.92 bits per heavy atom. The molecular formula is C18H23BrN4O. The largest absolute Gasteiger partial charge is 0.378 e. The monoisotopic (exact) mass is 390 g/mol. The first-order chi connectivity index (χ1) is 11.5. The first-order valence-electron chi connectivity index (χ1n) is 8.28. The van der Waals surface area contributed by atoms with Crippen molar-refractivity contribution in [2.24, 2.45) is 0 Å². The number of rotatable bonds is 4. The molecule has 0 atom stereocenters. The van der Waals surface area contributed by atoms with E-state index in [9.17, 15) is 0 Å². The molecule has 5 nitrogen and oxygen atoms in total. The molecule has 1 aliphatic heterocycles. The van der Waals surface area contributed by atoms with Gasteiger partial charge < -0.3 is 15.0 Å². The summed E-state index contributed by atoms with van der Waals surface area (Å²) in [5.74, 6) is 2.07. The van der Waals surface area contributed by atoms with Crippen molar-refractivity contribution in [1.29, 1.82) is 0 Å². The van der Waals surface area contributed by atoms with Gasteiger partial charge in [-0.3, -0.25) is 0 Å². The Morgan fingerprint density at radius 3 is 2.58 bits per heavy atom. The van der Waals surface area contributed by atoms with Crippen molar-refractivity contribution in [3.8, 4) is 0 Å². The minimum atomic E-state index is 0.499. The molecule has 2 heterocycles. The van der Waals surface area contributed by atoms with Crippen molar-refractivity contribution in [1.82, 2.24) is 9.97 Å². The third-order valence-electron chi connectivity index (χ3n) is 4.08. The number of nitrogens with zero attached hydrogens (tertiary/aromatic N) is 3. The Balaban J connectivity index is 1.83. The maximum Gasteiger partial charge on any atom is 0.229 e. The van der Waals surface area contributed by atoms with Gasteiger partial charge in [0.05, 0.1) is 18.9 Å². The summed E-state index contributed by atoms with van der Waals surface area (Å²) < 4.78 is 6.44. The SMILES string of the molecule is Cc1cc(N2CCOCC2)nc(Nc2ccc(C(C)C)cc2Br)n1. The number of morpholine rings is 1. The molecule has 1 aliphatic rings. The molecule has 1 aromatic heterocycles. The Bertz CT molecular complexity index is 714. The fourth-order valence-corrected chi connectivity index (χ4v) is 3.17. The zero-order chi connectivity index (χ0) is 17.1. The maximum atomic E-state index is 5.42. The number of hydrogen-bond acceptors (Lipinski definition) is 5. The highest BCUT2D eigenvalue weighted by atomic mass is 79.9. The molecule has 0 unspecified atom stereocenters. The fourth-order valence-electron chi connectivity index (χ4n) is 2.67. The van der Waals surface area contributed by atoms with Crippen molar-refractivity contribution in [2.75, 3.05) is 36.5 Å². The van der Waals surface area contributed by atoms with Crippen LogP contribution in [0.2, 0.25) is 0 Å². The molecule has 1 aromatic carbocycles. The number of anilines is 3. The highest BCUT2D eigenvalue weighted by molar-refractivity contribution is 9.10. The zero-order valence-corrected chi connectivity index (χ0v) is 15.9. The molecule has 3 rings (SSSR count). The molecule has 0 saturated carbocycles. The first-order valence-corrected chi connectivity index (χ1v) is 9.07. The van der Waals surface area contributed by atoms with Crippen LogP contribution < -0.4 is 10.2 Å². The zero-order valence-electron chi connectivity index (χ0n) is 14.3. The van der Waals surface area contributed by atoms with Gasteiger partial charge in [-0.05, 0) is 46.5 Å². The van der Waals surface area contributed by atoms with Gasteiger partial charge in [-0.1, -0.05) is 19.9 Å². The van der Waals surface area contributed by atoms with Crippen LogP contribution >= 0.6 is 15.9 Å². The number of nitrogens with one attached hydrogen (secondary N) is 1. The van der Waals surface area contributed by atoms with Crippen molar-refractivity contribution < 1.29 is 4.74 Å². The molecule has 2 aromatic rings. The average molecular weight is 391 g/mol. The van der Waals surface area contributed by atoms with E-state index in [4.69, 9.17) is 4.74 Å². The van der Waals surface area contributed by atoms with E-state index in [-0.39, 0.29) is 0 Å². The van der Waals surface area contributed by atoms with Gasteiger partial charge in [-0.15, -0.1) is 0 Å².